The smallest absolute Gasteiger partial charge is 0.193 e. The van der Waals surface area contributed by atoms with Crippen LogP contribution in [0.5, 0.6) is 11.5 Å². The number of fused-ring (bicyclic) bond motifs is 2. The maximum atomic E-state index is 12.5. The van der Waals surface area contributed by atoms with Gasteiger partial charge in [-0.05, 0) is 72.8 Å². The Kier molecular flexibility index (Phi) is 12.0. The van der Waals surface area contributed by atoms with Crippen molar-refractivity contribution in [3.63, 3.8) is 0 Å². The van der Waals surface area contributed by atoms with Gasteiger partial charge in [0.25, 0.3) is 0 Å². The quantitative estimate of drug-likeness (QED) is 0.0770. The molecular weight excluding hydrogens is 789 g/mol. The SMILES string of the molecule is O=c1cc(-c2ccc(OCCOCCn3cc(-c4ccc(-c5cn(CCOCCOc6ccc(-c7cc(=O)c8ccccc8o7)cc6)nn5)cc4)nn3)cc2)oc2ccccc12. The van der Waals surface area contributed by atoms with Crippen molar-refractivity contribution in [3.05, 3.63) is 166 Å². The monoisotopic (exact) mass is 828 g/mol. The third-order valence-electron chi connectivity index (χ3n) is 10.0. The summed E-state index contributed by atoms with van der Waals surface area (Å²) in [7, 11) is 0. The summed E-state index contributed by atoms with van der Waals surface area (Å²) < 4.78 is 38.6. The summed E-state index contributed by atoms with van der Waals surface area (Å²) in [6, 6.07) is 40.2. The zero-order valence-electron chi connectivity index (χ0n) is 33.5. The van der Waals surface area contributed by atoms with Gasteiger partial charge in [-0.15, -0.1) is 10.2 Å². The average molecular weight is 829 g/mol. The molecule has 0 saturated carbocycles. The highest BCUT2D eigenvalue weighted by Crippen LogP contribution is 2.26. The first-order valence-electron chi connectivity index (χ1n) is 20.1. The molecule has 0 atom stereocenters. The predicted octanol–water partition coefficient (Wildman–Crippen LogP) is 7.94. The van der Waals surface area contributed by atoms with Gasteiger partial charge in [-0.3, -0.25) is 9.59 Å². The van der Waals surface area contributed by atoms with Gasteiger partial charge in [-0.2, -0.15) is 0 Å². The van der Waals surface area contributed by atoms with Gasteiger partial charge in [0.2, 0.25) is 0 Å². The molecular formula is C48H40N6O8. The van der Waals surface area contributed by atoms with Crippen molar-refractivity contribution < 1.29 is 27.8 Å². The number of nitrogens with zero attached hydrogens (tertiary/aromatic N) is 6. The molecule has 9 aromatic rings. The fourth-order valence-corrected chi connectivity index (χ4v) is 6.77. The summed E-state index contributed by atoms with van der Waals surface area (Å²) in [5.74, 6) is 2.41. The molecule has 0 amide bonds. The van der Waals surface area contributed by atoms with E-state index in [9.17, 15) is 9.59 Å². The number of aromatic nitrogens is 6. The molecule has 0 aliphatic rings. The van der Waals surface area contributed by atoms with E-state index in [1.165, 1.54) is 12.1 Å². The van der Waals surface area contributed by atoms with Gasteiger partial charge in [-0.1, -0.05) is 59.0 Å². The Morgan fingerprint density at radius 2 is 0.855 bits per heavy atom. The molecule has 0 fully saturated rings. The lowest BCUT2D eigenvalue weighted by molar-refractivity contribution is 0.0923. The van der Waals surface area contributed by atoms with Gasteiger partial charge in [0.05, 0.1) is 62.7 Å². The largest absolute Gasteiger partial charge is 0.491 e. The molecule has 14 nitrogen and oxygen atoms in total. The molecule has 0 bridgehead atoms. The highest BCUT2D eigenvalue weighted by atomic mass is 16.5. The Labute approximate surface area is 354 Å². The van der Waals surface area contributed by atoms with E-state index in [0.29, 0.717) is 97.7 Å². The van der Waals surface area contributed by atoms with E-state index in [1.54, 1.807) is 33.6 Å². The molecule has 0 N–H and O–H groups in total. The summed E-state index contributed by atoms with van der Waals surface area (Å²) in [4.78, 5) is 24.9. The Balaban J connectivity index is 0.659. The highest BCUT2D eigenvalue weighted by molar-refractivity contribution is 5.79. The van der Waals surface area contributed by atoms with Crippen LogP contribution in [0.2, 0.25) is 0 Å². The predicted molar refractivity (Wildman–Crippen MR) is 233 cm³/mol. The molecule has 9 rings (SSSR count). The van der Waals surface area contributed by atoms with Gasteiger partial charge < -0.3 is 27.8 Å². The molecule has 0 aliphatic carbocycles. The van der Waals surface area contributed by atoms with Crippen LogP contribution in [0.1, 0.15) is 0 Å². The van der Waals surface area contributed by atoms with Crippen LogP contribution in [-0.2, 0) is 22.6 Å². The minimum absolute atomic E-state index is 0.0764. The van der Waals surface area contributed by atoms with E-state index in [2.05, 4.69) is 20.6 Å². The number of ether oxygens (including phenoxy) is 4. The summed E-state index contributed by atoms with van der Waals surface area (Å²) in [5.41, 5.74) is 5.91. The fraction of sp³-hybridized carbons (Fsp3) is 0.167. The van der Waals surface area contributed by atoms with Gasteiger partial charge in [0.15, 0.2) is 10.9 Å². The van der Waals surface area contributed by atoms with E-state index < -0.39 is 0 Å². The molecule has 310 valence electrons. The van der Waals surface area contributed by atoms with Crippen molar-refractivity contribution in [2.45, 2.75) is 13.1 Å². The van der Waals surface area contributed by atoms with Gasteiger partial charge in [0.1, 0.15) is 58.8 Å². The minimum atomic E-state index is -0.0764. The van der Waals surface area contributed by atoms with Crippen molar-refractivity contribution in [3.8, 4) is 56.7 Å². The summed E-state index contributed by atoms with van der Waals surface area (Å²) >= 11 is 0. The number of para-hydroxylation sites is 2. The Bertz CT molecular complexity index is 2820. The van der Waals surface area contributed by atoms with Crippen LogP contribution in [0.15, 0.2) is 164 Å². The van der Waals surface area contributed by atoms with Crippen molar-refractivity contribution >= 4 is 21.9 Å². The third-order valence-corrected chi connectivity index (χ3v) is 10.0. The Morgan fingerprint density at radius 1 is 0.452 bits per heavy atom. The molecule has 0 unspecified atom stereocenters. The maximum absolute atomic E-state index is 12.5. The first-order chi connectivity index (χ1) is 30.5. The van der Waals surface area contributed by atoms with Crippen LogP contribution in [-0.4, -0.2) is 69.6 Å². The topological polar surface area (TPSA) is 159 Å². The van der Waals surface area contributed by atoms with E-state index in [-0.39, 0.29) is 10.9 Å². The van der Waals surface area contributed by atoms with Crippen molar-refractivity contribution in [1.29, 1.82) is 0 Å². The zero-order valence-corrected chi connectivity index (χ0v) is 33.5. The van der Waals surface area contributed by atoms with Crippen LogP contribution in [0.4, 0.5) is 0 Å². The highest BCUT2D eigenvalue weighted by Gasteiger charge is 2.11. The van der Waals surface area contributed by atoms with E-state index in [4.69, 9.17) is 27.8 Å². The second kappa shape index (κ2) is 18.7. The fourth-order valence-electron chi connectivity index (χ4n) is 6.77. The zero-order chi connectivity index (χ0) is 42.1. The second-order valence-electron chi connectivity index (χ2n) is 14.2. The van der Waals surface area contributed by atoms with Gasteiger partial charge in [-0.25, -0.2) is 9.36 Å². The molecule has 62 heavy (non-hydrogen) atoms. The first kappa shape index (κ1) is 39.8. The van der Waals surface area contributed by atoms with E-state index in [0.717, 1.165) is 33.6 Å². The molecule has 0 radical (unpaired) electrons. The number of hydrogen-bond acceptors (Lipinski definition) is 12. The maximum Gasteiger partial charge on any atom is 0.193 e. The Morgan fingerprint density at radius 3 is 1.29 bits per heavy atom. The normalized spacial score (nSPS) is 11.4. The summed E-state index contributed by atoms with van der Waals surface area (Å²) in [6.45, 7) is 3.57. The molecule has 4 aromatic heterocycles. The molecule has 0 spiro atoms. The van der Waals surface area contributed by atoms with Crippen molar-refractivity contribution in [2.24, 2.45) is 0 Å². The standard InChI is InChI=1S/C48H40N6O8/c55-43-29-47(61-45-7-3-1-5-39(43)45)35-13-17-37(18-14-35)59-27-25-57-23-21-53-31-41(49-51-53)33-9-11-34(12-10-33)42-32-54(52-50-42)22-24-58-26-28-60-38-19-15-36(16-20-38)48-30-44(56)40-6-2-4-8-46(40)62-48/h1-20,29-32H,21-28H2. The lowest BCUT2D eigenvalue weighted by atomic mass is 10.1. The van der Waals surface area contributed by atoms with Crippen molar-refractivity contribution in [1.82, 2.24) is 30.0 Å². The number of benzene rings is 5. The number of hydrogen-bond donors (Lipinski definition) is 0. The third kappa shape index (κ3) is 9.52. The molecule has 0 saturated heterocycles. The number of rotatable bonds is 18. The summed E-state index contributed by atoms with van der Waals surface area (Å²) in [5, 5.41) is 18.3. The lowest BCUT2D eigenvalue weighted by Crippen LogP contribution is -2.11. The van der Waals surface area contributed by atoms with Crippen LogP contribution in [0.25, 0.3) is 67.1 Å². The van der Waals surface area contributed by atoms with Gasteiger partial charge >= 0.3 is 0 Å². The van der Waals surface area contributed by atoms with Crippen LogP contribution in [0.3, 0.4) is 0 Å². The first-order valence-corrected chi connectivity index (χ1v) is 20.1. The van der Waals surface area contributed by atoms with Crippen LogP contribution in [0, 0.1) is 0 Å². The van der Waals surface area contributed by atoms with Crippen LogP contribution >= 0.6 is 0 Å². The Hall–Kier alpha value is -7.68. The summed E-state index contributed by atoms with van der Waals surface area (Å²) in [6.07, 6.45) is 3.78. The van der Waals surface area contributed by atoms with E-state index >= 15 is 0 Å². The average Bonchev–Trinajstić information content (AvgIpc) is 4.00. The lowest BCUT2D eigenvalue weighted by Gasteiger charge is -2.08. The molecule has 4 heterocycles. The molecule has 0 aliphatic heterocycles. The van der Waals surface area contributed by atoms with Crippen molar-refractivity contribution in [2.75, 3.05) is 39.6 Å². The molecule has 14 heteroatoms. The second-order valence-corrected chi connectivity index (χ2v) is 14.2. The van der Waals surface area contributed by atoms with E-state index in [1.807, 2.05) is 109 Å². The minimum Gasteiger partial charge on any atom is -0.491 e. The van der Waals surface area contributed by atoms with Crippen LogP contribution < -0.4 is 20.3 Å². The molecule has 5 aromatic carbocycles. The van der Waals surface area contributed by atoms with Gasteiger partial charge in [0, 0.05) is 34.4 Å².